The minimum absolute atomic E-state index is 0.0196. The Morgan fingerprint density at radius 1 is 1.37 bits per heavy atom. The van der Waals surface area contributed by atoms with E-state index in [1.807, 2.05) is 6.92 Å². The molecular formula is C13H17NO5. The van der Waals surface area contributed by atoms with Crippen LogP contribution >= 0.6 is 0 Å². The van der Waals surface area contributed by atoms with Gasteiger partial charge in [-0.1, -0.05) is 19.4 Å². The van der Waals surface area contributed by atoms with Crippen molar-refractivity contribution in [1.29, 1.82) is 0 Å². The fraction of sp³-hybridized carbons (Fsp3) is 0.385. The number of benzene rings is 1. The van der Waals surface area contributed by atoms with Crippen molar-refractivity contribution >= 4 is 17.7 Å². The average Bonchev–Trinajstić information content (AvgIpc) is 2.40. The summed E-state index contributed by atoms with van der Waals surface area (Å²) >= 11 is 0. The largest absolute Gasteiger partial charge is 0.505 e. The van der Waals surface area contributed by atoms with Gasteiger partial charge in [-0.05, 0) is 18.6 Å². The molecule has 0 aromatic heterocycles. The molecular weight excluding hydrogens is 250 g/mol. The van der Waals surface area contributed by atoms with Gasteiger partial charge < -0.3 is 14.6 Å². The highest BCUT2D eigenvalue weighted by atomic mass is 16.5. The van der Waals surface area contributed by atoms with Crippen LogP contribution in [0.1, 0.15) is 30.1 Å². The lowest BCUT2D eigenvalue weighted by Gasteiger charge is -2.10. The van der Waals surface area contributed by atoms with Gasteiger partial charge in [-0.25, -0.2) is 9.59 Å². The number of carbonyl (C=O) groups excluding carboxylic acids is 2. The zero-order valence-corrected chi connectivity index (χ0v) is 10.9. The predicted molar refractivity (Wildman–Crippen MR) is 69.3 cm³/mol. The van der Waals surface area contributed by atoms with Gasteiger partial charge in [-0.3, -0.25) is 5.32 Å². The van der Waals surface area contributed by atoms with Gasteiger partial charge in [0, 0.05) is 0 Å². The molecule has 0 saturated carbocycles. The van der Waals surface area contributed by atoms with E-state index < -0.39 is 12.1 Å². The highest BCUT2D eigenvalue weighted by Gasteiger charge is 2.16. The molecule has 1 amide bonds. The molecule has 0 aliphatic rings. The number of rotatable bonds is 5. The van der Waals surface area contributed by atoms with Crippen LogP contribution in [0.4, 0.5) is 10.5 Å². The zero-order chi connectivity index (χ0) is 14.3. The van der Waals surface area contributed by atoms with Crippen molar-refractivity contribution in [3.05, 3.63) is 23.8 Å². The van der Waals surface area contributed by atoms with E-state index in [0.29, 0.717) is 6.61 Å². The second kappa shape index (κ2) is 7.25. The van der Waals surface area contributed by atoms with Crippen molar-refractivity contribution in [2.75, 3.05) is 19.0 Å². The number of nitrogens with one attached hydrogen (secondary N) is 1. The lowest BCUT2D eigenvalue weighted by atomic mass is 10.1. The molecule has 0 radical (unpaired) electrons. The first-order chi connectivity index (χ1) is 9.10. The topological polar surface area (TPSA) is 84.9 Å². The van der Waals surface area contributed by atoms with Gasteiger partial charge in [0.25, 0.3) is 0 Å². The summed E-state index contributed by atoms with van der Waals surface area (Å²) in [6.07, 6.45) is 1.00. The summed E-state index contributed by atoms with van der Waals surface area (Å²) < 4.78 is 9.40. The van der Waals surface area contributed by atoms with Gasteiger partial charge in [-0.2, -0.15) is 0 Å². The smallest absolute Gasteiger partial charge is 0.411 e. The number of ether oxygens (including phenoxy) is 2. The van der Waals surface area contributed by atoms with Gasteiger partial charge in [0.1, 0.15) is 5.56 Å². The van der Waals surface area contributed by atoms with Gasteiger partial charge >= 0.3 is 12.1 Å². The summed E-state index contributed by atoms with van der Waals surface area (Å²) in [5, 5.41) is 12.2. The van der Waals surface area contributed by atoms with Crippen LogP contribution < -0.4 is 5.32 Å². The Balaban J connectivity index is 2.73. The standard InChI is InChI=1S/C13H17NO5/c1-3-4-8-19-13(17)14-10-7-5-6-9(11(10)15)12(16)18-2/h5-7,15H,3-4,8H2,1-2H3,(H,14,17). The highest BCUT2D eigenvalue weighted by Crippen LogP contribution is 2.28. The molecule has 19 heavy (non-hydrogen) atoms. The number of anilines is 1. The molecule has 104 valence electrons. The van der Waals surface area contributed by atoms with Crippen molar-refractivity contribution in [2.45, 2.75) is 19.8 Å². The normalized spacial score (nSPS) is 9.79. The molecule has 0 aliphatic heterocycles. The molecule has 1 aromatic rings. The Hall–Kier alpha value is -2.24. The number of aromatic hydroxyl groups is 1. The van der Waals surface area contributed by atoms with Crippen LogP contribution in [0, 0.1) is 0 Å². The summed E-state index contributed by atoms with van der Waals surface area (Å²) in [5.41, 5.74) is 0.0817. The fourth-order valence-electron chi connectivity index (χ4n) is 1.37. The Morgan fingerprint density at radius 3 is 2.74 bits per heavy atom. The SMILES string of the molecule is CCCCOC(=O)Nc1cccc(C(=O)OC)c1O. The lowest BCUT2D eigenvalue weighted by molar-refractivity contribution is 0.0597. The van der Waals surface area contributed by atoms with Crippen LogP contribution in [0.25, 0.3) is 0 Å². The van der Waals surface area contributed by atoms with E-state index in [4.69, 9.17) is 4.74 Å². The van der Waals surface area contributed by atoms with Crippen LogP contribution in [0.2, 0.25) is 0 Å². The Bertz CT molecular complexity index is 458. The predicted octanol–water partition coefficient (Wildman–Crippen LogP) is 2.53. The molecule has 0 heterocycles. The van der Waals surface area contributed by atoms with Crippen molar-refractivity contribution in [3.63, 3.8) is 0 Å². The highest BCUT2D eigenvalue weighted by molar-refractivity contribution is 5.97. The number of methoxy groups -OCH3 is 1. The van der Waals surface area contributed by atoms with E-state index >= 15 is 0 Å². The molecule has 0 saturated heterocycles. The third kappa shape index (κ3) is 4.17. The molecule has 0 unspecified atom stereocenters. The van der Waals surface area contributed by atoms with Crippen molar-refractivity contribution in [3.8, 4) is 5.75 Å². The summed E-state index contributed by atoms with van der Waals surface area (Å²) in [5.74, 6) is -1.03. The maximum Gasteiger partial charge on any atom is 0.411 e. The minimum Gasteiger partial charge on any atom is -0.505 e. The first-order valence-corrected chi connectivity index (χ1v) is 5.94. The molecule has 0 fully saturated rings. The number of hydrogen-bond donors (Lipinski definition) is 2. The molecule has 6 heteroatoms. The van der Waals surface area contributed by atoms with Crippen LogP contribution in [0.3, 0.4) is 0 Å². The third-order valence-electron chi connectivity index (χ3n) is 2.41. The Kier molecular flexibility index (Phi) is 5.66. The number of hydrogen-bond acceptors (Lipinski definition) is 5. The summed E-state index contributed by atoms with van der Waals surface area (Å²) in [6.45, 7) is 2.28. The van der Waals surface area contributed by atoms with E-state index in [2.05, 4.69) is 10.1 Å². The molecule has 1 rings (SSSR count). The minimum atomic E-state index is -0.680. The quantitative estimate of drug-likeness (QED) is 0.486. The van der Waals surface area contributed by atoms with Crippen LogP contribution in [-0.4, -0.2) is 30.9 Å². The summed E-state index contributed by atoms with van der Waals surface area (Å²) in [6, 6.07) is 4.38. The van der Waals surface area contributed by atoms with Gasteiger partial charge in [0.2, 0.25) is 0 Å². The number of amides is 1. The number of unbranched alkanes of at least 4 members (excludes halogenated alkanes) is 1. The first-order valence-electron chi connectivity index (χ1n) is 5.94. The Labute approximate surface area is 111 Å². The molecule has 0 bridgehead atoms. The number of para-hydroxylation sites is 1. The first kappa shape index (κ1) is 14.8. The third-order valence-corrected chi connectivity index (χ3v) is 2.41. The van der Waals surface area contributed by atoms with Gasteiger partial charge in [-0.15, -0.1) is 0 Å². The van der Waals surface area contributed by atoms with Crippen molar-refractivity contribution in [2.24, 2.45) is 0 Å². The second-order valence-electron chi connectivity index (χ2n) is 3.81. The van der Waals surface area contributed by atoms with Crippen LogP contribution in [-0.2, 0) is 9.47 Å². The molecule has 0 aliphatic carbocycles. The summed E-state index contributed by atoms with van der Waals surface area (Å²) in [7, 11) is 1.21. The molecule has 2 N–H and O–H groups in total. The van der Waals surface area contributed by atoms with Gasteiger partial charge in [0.15, 0.2) is 5.75 Å². The Morgan fingerprint density at radius 2 is 2.11 bits per heavy atom. The maximum atomic E-state index is 11.4. The lowest BCUT2D eigenvalue weighted by Crippen LogP contribution is -2.15. The molecule has 0 atom stereocenters. The van der Waals surface area contributed by atoms with E-state index in [1.54, 1.807) is 0 Å². The number of carbonyl (C=O) groups is 2. The van der Waals surface area contributed by atoms with Crippen molar-refractivity contribution in [1.82, 2.24) is 0 Å². The molecule has 1 aromatic carbocycles. The maximum absolute atomic E-state index is 11.4. The number of esters is 1. The van der Waals surface area contributed by atoms with E-state index in [1.165, 1.54) is 25.3 Å². The number of phenolic OH excluding ortho intramolecular Hbond substituents is 1. The van der Waals surface area contributed by atoms with E-state index in [0.717, 1.165) is 12.8 Å². The molecule has 6 nitrogen and oxygen atoms in total. The van der Waals surface area contributed by atoms with Crippen molar-refractivity contribution < 1.29 is 24.2 Å². The monoisotopic (exact) mass is 267 g/mol. The zero-order valence-electron chi connectivity index (χ0n) is 10.9. The molecule has 0 spiro atoms. The van der Waals surface area contributed by atoms with Crippen LogP contribution in [0.15, 0.2) is 18.2 Å². The van der Waals surface area contributed by atoms with Gasteiger partial charge in [0.05, 0.1) is 19.4 Å². The van der Waals surface area contributed by atoms with E-state index in [-0.39, 0.29) is 17.0 Å². The van der Waals surface area contributed by atoms with Crippen LogP contribution in [0.5, 0.6) is 5.75 Å². The number of phenols is 1. The fourth-order valence-corrected chi connectivity index (χ4v) is 1.37. The summed E-state index contributed by atoms with van der Waals surface area (Å²) in [4.78, 5) is 22.8. The second-order valence-corrected chi connectivity index (χ2v) is 3.81. The van der Waals surface area contributed by atoms with E-state index in [9.17, 15) is 14.7 Å². The average molecular weight is 267 g/mol.